The van der Waals surface area contributed by atoms with Crippen LogP contribution in [-0.4, -0.2) is 0 Å². The minimum atomic E-state index is 0. The molecule has 0 spiro atoms. The molecule has 0 aliphatic heterocycles. The largest absolute Gasteiger partial charge is 1.00 e. The molecule has 0 N–H and O–H groups in total. The average Bonchev–Trinajstić information content (AvgIpc) is 2.83. The summed E-state index contributed by atoms with van der Waals surface area (Å²) in [4.78, 5) is 1.29. The smallest absolute Gasteiger partial charge is 0.212 e. The van der Waals surface area contributed by atoms with Crippen LogP contribution in [0.3, 0.4) is 0 Å². The first-order valence-corrected chi connectivity index (χ1v) is 12.8. The molecule has 1 fully saturated rings. The molecule has 168 valence electrons. The van der Waals surface area contributed by atoms with Gasteiger partial charge in [-0.2, -0.15) is 9.83 Å². The van der Waals surface area contributed by atoms with Crippen molar-refractivity contribution >= 4 is 22.7 Å². The van der Waals surface area contributed by atoms with Crippen LogP contribution >= 0.6 is 11.8 Å². The number of benzene rings is 2. The third kappa shape index (κ3) is 7.22. The van der Waals surface area contributed by atoms with Crippen LogP contribution in [0.2, 0.25) is 0 Å². The highest BCUT2D eigenvalue weighted by molar-refractivity contribution is 7.98. The number of thioether (sulfide) groups is 1. The Morgan fingerprint density at radius 1 is 0.938 bits per heavy atom. The molecule has 1 heterocycles. The Morgan fingerprint density at radius 2 is 1.78 bits per heavy atom. The van der Waals surface area contributed by atoms with E-state index in [0.717, 1.165) is 23.8 Å². The Kier molecular flexibility index (Phi) is 10.3. The third-order valence-electron chi connectivity index (χ3n) is 6.52. The number of aromatic nitrogens is 1. The van der Waals surface area contributed by atoms with Crippen LogP contribution in [0.1, 0.15) is 68.9 Å². The van der Waals surface area contributed by atoms with Crippen molar-refractivity contribution in [1.29, 1.82) is 5.26 Å². The molecular formula is C28H33IN2S. The quantitative estimate of drug-likeness (QED) is 0.169. The predicted molar refractivity (Wildman–Crippen MR) is 130 cm³/mol. The van der Waals surface area contributed by atoms with E-state index in [1.165, 1.54) is 79.1 Å². The fourth-order valence-corrected chi connectivity index (χ4v) is 5.74. The van der Waals surface area contributed by atoms with Crippen molar-refractivity contribution in [3.05, 3.63) is 71.9 Å². The van der Waals surface area contributed by atoms with Crippen molar-refractivity contribution < 1.29 is 28.5 Å². The monoisotopic (exact) mass is 556 g/mol. The lowest BCUT2D eigenvalue weighted by molar-refractivity contribution is -0.673. The topological polar surface area (TPSA) is 27.7 Å². The first-order valence-electron chi connectivity index (χ1n) is 11.9. The number of halogens is 1. The highest BCUT2D eigenvalue weighted by Gasteiger charge is 2.14. The van der Waals surface area contributed by atoms with E-state index < -0.39 is 0 Å². The number of aryl methyl sites for hydroxylation is 1. The van der Waals surface area contributed by atoms with Crippen molar-refractivity contribution in [2.45, 2.75) is 75.0 Å². The maximum Gasteiger partial charge on any atom is 0.212 e. The molecule has 2 nitrogen and oxygen atoms in total. The van der Waals surface area contributed by atoms with Crippen LogP contribution in [0, 0.1) is 17.2 Å². The Labute approximate surface area is 214 Å². The van der Waals surface area contributed by atoms with Crippen LogP contribution in [0.15, 0.2) is 65.7 Å². The van der Waals surface area contributed by atoms with E-state index in [4.69, 9.17) is 5.26 Å². The lowest BCUT2D eigenvalue weighted by atomic mass is 9.85. The highest BCUT2D eigenvalue weighted by Crippen LogP contribution is 2.28. The number of nitriles is 1. The summed E-state index contributed by atoms with van der Waals surface area (Å²) in [5, 5.41) is 10.4. The normalized spacial score (nSPS) is 14.1. The van der Waals surface area contributed by atoms with Crippen molar-refractivity contribution in [3.63, 3.8) is 0 Å². The van der Waals surface area contributed by atoms with E-state index in [0.29, 0.717) is 0 Å². The van der Waals surface area contributed by atoms with Crippen LogP contribution in [0.4, 0.5) is 0 Å². The fourth-order valence-electron chi connectivity index (χ4n) is 4.81. The Balaban J connectivity index is 0.00000289. The molecule has 0 atom stereocenters. The van der Waals surface area contributed by atoms with Gasteiger partial charge >= 0.3 is 0 Å². The molecule has 1 saturated carbocycles. The summed E-state index contributed by atoms with van der Waals surface area (Å²) >= 11 is 1.85. The molecule has 0 unspecified atom stereocenters. The van der Waals surface area contributed by atoms with E-state index in [2.05, 4.69) is 53.2 Å². The number of nitrogens with zero attached hydrogens (tertiary/aromatic N) is 2. The van der Waals surface area contributed by atoms with Gasteiger partial charge in [0.1, 0.15) is 6.54 Å². The van der Waals surface area contributed by atoms with Gasteiger partial charge in [-0.05, 0) is 42.2 Å². The van der Waals surface area contributed by atoms with E-state index in [1.807, 2.05) is 30.0 Å². The van der Waals surface area contributed by atoms with Gasteiger partial charge in [0.05, 0.1) is 16.5 Å². The number of hydrogen-bond acceptors (Lipinski definition) is 2. The average molecular weight is 557 g/mol. The zero-order chi connectivity index (χ0) is 21.3. The van der Waals surface area contributed by atoms with Crippen LogP contribution in [0.5, 0.6) is 0 Å². The maximum absolute atomic E-state index is 9.14. The van der Waals surface area contributed by atoms with Crippen LogP contribution < -0.4 is 28.5 Å². The standard InChI is InChI=1S/C28H33N2S.HI/c29-20-24-13-9-14-25(18-24)22-31-27-19-26-15-6-7-16-28(26)30(21-27)17-8-2-5-12-23-10-3-1-4-11-23;/h6-7,9,13-16,18-19,21,23H,1-5,8,10-12,17,22H2;1H/q+1;/p-1. The lowest BCUT2D eigenvalue weighted by Gasteiger charge is -2.21. The second-order valence-electron chi connectivity index (χ2n) is 8.88. The van der Waals surface area contributed by atoms with E-state index in [-0.39, 0.29) is 24.0 Å². The Morgan fingerprint density at radius 3 is 2.62 bits per heavy atom. The van der Waals surface area contributed by atoms with Gasteiger partial charge in [-0.15, -0.1) is 11.8 Å². The summed E-state index contributed by atoms with van der Waals surface area (Å²) in [7, 11) is 0. The third-order valence-corrected chi connectivity index (χ3v) is 7.56. The zero-order valence-corrected chi connectivity index (χ0v) is 21.8. The van der Waals surface area contributed by atoms with Gasteiger partial charge in [0.25, 0.3) is 0 Å². The molecular weight excluding hydrogens is 523 g/mol. The van der Waals surface area contributed by atoms with Crippen LogP contribution in [0.25, 0.3) is 10.9 Å². The number of hydrogen-bond donors (Lipinski definition) is 0. The summed E-state index contributed by atoms with van der Waals surface area (Å²) in [5.74, 6) is 1.89. The summed E-state index contributed by atoms with van der Waals surface area (Å²) in [6.45, 7) is 1.09. The first kappa shape index (κ1) is 25.1. The van der Waals surface area contributed by atoms with Crippen molar-refractivity contribution in [1.82, 2.24) is 0 Å². The summed E-state index contributed by atoms with van der Waals surface area (Å²) < 4.78 is 2.45. The molecule has 0 radical (unpaired) electrons. The molecule has 2 aromatic carbocycles. The summed E-state index contributed by atoms with van der Waals surface area (Å²) in [5.41, 5.74) is 3.26. The highest BCUT2D eigenvalue weighted by atomic mass is 127. The zero-order valence-electron chi connectivity index (χ0n) is 18.8. The number of unbranched alkanes of at least 4 members (excludes halogenated alkanes) is 2. The summed E-state index contributed by atoms with van der Waals surface area (Å²) in [6.07, 6.45) is 15.0. The van der Waals surface area contributed by atoms with E-state index in [1.54, 1.807) is 0 Å². The molecule has 32 heavy (non-hydrogen) atoms. The Hall–Kier alpha value is -1.58. The predicted octanol–water partition coefficient (Wildman–Crippen LogP) is 4.44. The van der Waals surface area contributed by atoms with Gasteiger partial charge in [-0.3, -0.25) is 0 Å². The van der Waals surface area contributed by atoms with E-state index >= 15 is 0 Å². The van der Waals surface area contributed by atoms with Gasteiger partial charge in [0.2, 0.25) is 5.52 Å². The molecule has 1 aliphatic carbocycles. The first-order chi connectivity index (χ1) is 15.3. The summed E-state index contributed by atoms with van der Waals surface area (Å²) in [6, 6.07) is 21.2. The number of fused-ring (bicyclic) bond motifs is 1. The van der Waals surface area contributed by atoms with Crippen molar-refractivity contribution in [2.75, 3.05) is 0 Å². The van der Waals surface area contributed by atoms with Crippen molar-refractivity contribution in [2.24, 2.45) is 5.92 Å². The molecule has 1 aliphatic rings. The molecule has 4 rings (SSSR count). The van der Waals surface area contributed by atoms with Gasteiger partial charge in [-0.25, -0.2) is 0 Å². The van der Waals surface area contributed by atoms with Gasteiger partial charge in [0.15, 0.2) is 6.20 Å². The minimum absolute atomic E-state index is 0. The number of pyridine rings is 1. The Bertz CT molecular complexity index is 1040. The SMILES string of the molecule is N#Cc1cccc(CSc2cc3ccccc3[n+](CCCCCC3CCCCC3)c2)c1.[I-]. The fraction of sp³-hybridized carbons (Fsp3) is 0.429. The molecule has 3 aromatic rings. The second-order valence-corrected chi connectivity index (χ2v) is 9.93. The molecule has 0 amide bonds. The number of para-hydroxylation sites is 1. The van der Waals surface area contributed by atoms with Gasteiger partial charge < -0.3 is 24.0 Å². The van der Waals surface area contributed by atoms with E-state index in [9.17, 15) is 0 Å². The van der Waals surface area contributed by atoms with Gasteiger partial charge in [0, 0.05) is 23.6 Å². The van der Waals surface area contributed by atoms with Crippen LogP contribution in [-0.2, 0) is 12.3 Å². The molecule has 4 heteroatoms. The van der Waals surface area contributed by atoms with Gasteiger partial charge in [-0.1, -0.05) is 69.2 Å². The molecule has 1 aromatic heterocycles. The van der Waals surface area contributed by atoms with Crippen molar-refractivity contribution in [3.8, 4) is 6.07 Å². The minimum Gasteiger partial charge on any atom is -1.00 e. The number of rotatable bonds is 9. The lowest BCUT2D eigenvalue weighted by Crippen LogP contribution is -3.00. The molecule has 0 bridgehead atoms. The maximum atomic E-state index is 9.14. The molecule has 0 saturated heterocycles. The second kappa shape index (κ2) is 13.2.